The Kier molecular flexibility index (Phi) is 8.87. The van der Waals surface area contributed by atoms with E-state index < -0.39 is 0 Å². The Morgan fingerprint density at radius 1 is 0.935 bits per heavy atom. The van der Waals surface area contributed by atoms with Crippen molar-refractivity contribution in [3.05, 3.63) is 53.6 Å². The third-order valence-electron chi connectivity index (χ3n) is 4.72. The molecule has 0 atom stereocenters. The van der Waals surface area contributed by atoms with Gasteiger partial charge in [-0.1, -0.05) is 0 Å². The molecule has 0 radical (unpaired) electrons. The first-order chi connectivity index (χ1) is 14.9. The van der Waals surface area contributed by atoms with Crippen LogP contribution in [0.4, 0.5) is 0 Å². The van der Waals surface area contributed by atoms with Gasteiger partial charge in [-0.2, -0.15) is 5.10 Å². The van der Waals surface area contributed by atoms with Gasteiger partial charge >= 0.3 is 0 Å². The first-order valence-corrected chi connectivity index (χ1v) is 10.0. The summed E-state index contributed by atoms with van der Waals surface area (Å²) in [6, 6.07) is 12.0. The van der Waals surface area contributed by atoms with Gasteiger partial charge in [0.05, 0.1) is 19.9 Å². The number of amides is 2. The van der Waals surface area contributed by atoms with Gasteiger partial charge in [-0.25, -0.2) is 5.43 Å². The van der Waals surface area contributed by atoms with E-state index in [9.17, 15) is 9.59 Å². The molecule has 0 aromatic heterocycles. The predicted molar refractivity (Wildman–Crippen MR) is 119 cm³/mol. The van der Waals surface area contributed by atoms with E-state index in [1.807, 2.05) is 26.0 Å². The molecule has 0 fully saturated rings. The van der Waals surface area contributed by atoms with Crippen LogP contribution in [-0.4, -0.2) is 56.3 Å². The lowest BCUT2D eigenvalue weighted by atomic mass is 10.1. The molecule has 2 aromatic rings. The lowest BCUT2D eigenvalue weighted by molar-refractivity contribution is -0.132. The van der Waals surface area contributed by atoms with Crippen molar-refractivity contribution in [3.63, 3.8) is 0 Å². The number of hydrazone groups is 1. The summed E-state index contributed by atoms with van der Waals surface area (Å²) in [6.07, 6.45) is 0. The van der Waals surface area contributed by atoms with Crippen molar-refractivity contribution in [2.45, 2.75) is 20.8 Å². The summed E-state index contributed by atoms with van der Waals surface area (Å²) >= 11 is 0. The van der Waals surface area contributed by atoms with E-state index in [0.29, 0.717) is 41.6 Å². The van der Waals surface area contributed by atoms with Crippen LogP contribution in [0.5, 0.6) is 17.2 Å². The van der Waals surface area contributed by atoms with Crippen LogP contribution in [-0.2, 0) is 4.79 Å². The number of rotatable bonds is 10. The molecule has 0 heterocycles. The van der Waals surface area contributed by atoms with E-state index >= 15 is 0 Å². The molecule has 2 rings (SSSR count). The fourth-order valence-electron chi connectivity index (χ4n) is 2.85. The molecule has 8 heteroatoms. The molecule has 166 valence electrons. The highest BCUT2D eigenvalue weighted by Crippen LogP contribution is 2.27. The Bertz CT molecular complexity index is 921. The first-order valence-electron chi connectivity index (χ1n) is 10.0. The van der Waals surface area contributed by atoms with Crippen molar-refractivity contribution in [2.24, 2.45) is 5.10 Å². The topological polar surface area (TPSA) is 89.5 Å². The molecule has 31 heavy (non-hydrogen) atoms. The van der Waals surface area contributed by atoms with Crippen LogP contribution in [0.15, 0.2) is 47.6 Å². The maximum atomic E-state index is 12.4. The number of carbonyl (C=O) groups is 2. The summed E-state index contributed by atoms with van der Waals surface area (Å²) in [5, 5.41) is 4.16. The lowest BCUT2D eigenvalue weighted by Gasteiger charge is -2.18. The summed E-state index contributed by atoms with van der Waals surface area (Å²) in [4.78, 5) is 26.1. The zero-order chi connectivity index (χ0) is 22.8. The summed E-state index contributed by atoms with van der Waals surface area (Å²) in [7, 11) is 3.04. The molecule has 0 saturated heterocycles. The number of nitrogens with one attached hydrogen (secondary N) is 1. The van der Waals surface area contributed by atoms with Crippen LogP contribution in [0.25, 0.3) is 0 Å². The minimum Gasteiger partial charge on any atom is -0.493 e. The van der Waals surface area contributed by atoms with Gasteiger partial charge in [0.1, 0.15) is 5.75 Å². The van der Waals surface area contributed by atoms with E-state index in [4.69, 9.17) is 14.2 Å². The summed E-state index contributed by atoms with van der Waals surface area (Å²) in [6.45, 7) is 6.96. The second kappa shape index (κ2) is 11.6. The highest BCUT2D eigenvalue weighted by molar-refractivity contribution is 6.01. The monoisotopic (exact) mass is 427 g/mol. The van der Waals surface area contributed by atoms with Gasteiger partial charge in [-0.05, 0) is 68.8 Å². The molecule has 8 nitrogen and oxygen atoms in total. The molecule has 2 amide bonds. The highest BCUT2D eigenvalue weighted by Gasteiger charge is 2.12. The quantitative estimate of drug-likeness (QED) is 0.465. The Morgan fingerprint density at radius 3 is 2.13 bits per heavy atom. The van der Waals surface area contributed by atoms with Crippen molar-refractivity contribution in [2.75, 3.05) is 33.9 Å². The Hall–Kier alpha value is -3.55. The molecule has 0 unspecified atom stereocenters. The third-order valence-corrected chi connectivity index (χ3v) is 4.72. The van der Waals surface area contributed by atoms with Crippen LogP contribution < -0.4 is 19.6 Å². The number of hydrogen-bond donors (Lipinski definition) is 1. The number of methoxy groups -OCH3 is 2. The van der Waals surface area contributed by atoms with Gasteiger partial charge in [-0.3, -0.25) is 9.59 Å². The number of likely N-dealkylation sites (N-methyl/N-ethyl adjacent to an activating group) is 1. The largest absolute Gasteiger partial charge is 0.493 e. The van der Waals surface area contributed by atoms with E-state index in [-0.39, 0.29) is 18.4 Å². The number of carbonyl (C=O) groups excluding carboxylic acids is 2. The number of hydrogen-bond acceptors (Lipinski definition) is 6. The van der Waals surface area contributed by atoms with Crippen LogP contribution in [0.1, 0.15) is 36.7 Å². The predicted octanol–water partition coefficient (Wildman–Crippen LogP) is 3.11. The van der Waals surface area contributed by atoms with Crippen molar-refractivity contribution in [1.82, 2.24) is 10.3 Å². The molecule has 1 N–H and O–H groups in total. The minimum absolute atomic E-state index is 0.00449. The van der Waals surface area contributed by atoms with Gasteiger partial charge < -0.3 is 19.1 Å². The van der Waals surface area contributed by atoms with E-state index in [0.717, 1.165) is 5.56 Å². The normalized spacial score (nSPS) is 10.9. The zero-order valence-corrected chi connectivity index (χ0v) is 18.6. The maximum absolute atomic E-state index is 12.4. The second-order valence-electron chi connectivity index (χ2n) is 6.59. The van der Waals surface area contributed by atoms with Gasteiger partial charge in [-0.15, -0.1) is 0 Å². The molecular weight excluding hydrogens is 398 g/mol. The fraction of sp³-hybridized carbons (Fsp3) is 0.348. The van der Waals surface area contributed by atoms with Crippen LogP contribution >= 0.6 is 0 Å². The molecular formula is C23H29N3O5. The molecule has 0 aliphatic rings. The molecule has 0 saturated carbocycles. The first kappa shape index (κ1) is 23.7. The van der Waals surface area contributed by atoms with Gasteiger partial charge in [0, 0.05) is 18.7 Å². The van der Waals surface area contributed by atoms with Crippen molar-refractivity contribution < 1.29 is 23.8 Å². The fourth-order valence-corrected chi connectivity index (χ4v) is 2.85. The van der Waals surface area contributed by atoms with E-state index in [1.54, 1.807) is 42.2 Å². The van der Waals surface area contributed by atoms with Crippen LogP contribution in [0.2, 0.25) is 0 Å². The molecule has 0 spiro atoms. The Balaban J connectivity index is 1.97. The zero-order valence-electron chi connectivity index (χ0n) is 18.6. The Morgan fingerprint density at radius 2 is 1.55 bits per heavy atom. The Labute approximate surface area is 182 Å². The smallest absolute Gasteiger partial charge is 0.271 e. The van der Waals surface area contributed by atoms with Crippen molar-refractivity contribution in [1.29, 1.82) is 0 Å². The summed E-state index contributed by atoms with van der Waals surface area (Å²) in [5.74, 6) is 1.18. The standard InChI is InChI=1S/C23H29N3O5/c1-6-26(7-2)22(27)15-31-19-11-8-17(9-12-19)16(3)24-25-23(28)18-10-13-20(29-4)21(14-18)30-5/h8-14H,6-7,15H2,1-5H3,(H,25,28)/b24-16-. The van der Waals surface area contributed by atoms with Crippen LogP contribution in [0.3, 0.4) is 0 Å². The van der Waals surface area contributed by atoms with Crippen molar-refractivity contribution in [3.8, 4) is 17.2 Å². The molecule has 0 bridgehead atoms. The minimum atomic E-state index is -0.366. The van der Waals surface area contributed by atoms with Gasteiger partial charge in [0.2, 0.25) is 0 Å². The molecule has 0 aliphatic heterocycles. The van der Waals surface area contributed by atoms with Crippen LogP contribution in [0, 0.1) is 0 Å². The second-order valence-corrected chi connectivity index (χ2v) is 6.59. The average Bonchev–Trinajstić information content (AvgIpc) is 2.81. The highest BCUT2D eigenvalue weighted by atomic mass is 16.5. The number of ether oxygens (including phenoxy) is 3. The maximum Gasteiger partial charge on any atom is 0.271 e. The van der Waals surface area contributed by atoms with E-state index in [1.165, 1.54) is 14.2 Å². The average molecular weight is 428 g/mol. The van der Waals surface area contributed by atoms with Gasteiger partial charge in [0.25, 0.3) is 11.8 Å². The van der Waals surface area contributed by atoms with Crippen molar-refractivity contribution >= 4 is 17.5 Å². The summed E-state index contributed by atoms with van der Waals surface area (Å²) in [5.41, 5.74) is 4.38. The molecule has 2 aromatic carbocycles. The number of nitrogens with zero attached hydrogens (tertiary/aromatic N) is 2. The summed E-state index contributed by atoms with van der Waals surface area (Å²) < 4.78 is 16.0. The third kappa shape index (κ3) is 6.47. The van der Waals surface area contributed by atoms with E-state index in [2.05, 4.69) is 10.5 Å². The lowest BCUT2D eigenvalue weighted by Crippen LogP contribution is -2.34. The number of benzene rings is 2. The van der Waals surface area contributed by atoms with Gasteiger partial charge in [0.15, 0.2) is 18.1 Å². The SMILES string of the molecule is CCN(CC)C(=O)COc1ccc(/C(C)=N\NC(=O)c2ccc(OC)c(OC)c2)cc1. The molecule has 0 aliphatic carbocycles.